The summed E-state index contributed by atoms with van der Waals surface area (Å²) in [5.74, 6) is -0.217. The van der Waals surface area contributed by atoms with Crippen LogP contribution in [0, 0.1) is 16.7 Å². The molecule has 0 amide bonds. The molecule has 0 N–H and O–H groups in total. The second kappa shape index (κ2) is 16.1. The minimum Gasteiger partial charge on any atom is -0.462 e. The Morgan fingerprint density at radius 1 is 0.816 bits per heavy atom. The summed E-state index contributed by atoms with van der Waals surface area (Å²) in [6, 6.07) is 5.50. The van der Waals surface area contributed by atoms with E-state index in [1.807, 2.05) is 24.5 Å². The van der Waals surface area contributed by atoms with E-state index in [0.717, 1.165) is 68.3 Å². The van der Waals surface area contributed by atoms with Gasteiger partial charge in [-0.3, -0.25) is 9.59 Å². The topological polar surface area (TPSA) is 66.9 Å². The Morgan fingerprint density at radius 3 is 1.80 bits per heavy atom. The molecule has 2 aliphatic rings. The maximum absolute atomic E-state index is 13.7. The molecule has 6 heteroatoms. The second-order valence-corrected chi connectivity index (χ2v) is 17.3. The molecule has 2 heterocycles. The minimum atomic E-state index is -0.420. The predicted octanol–water partition coefficient (Wildman–Crippen LogP) is 10.1. The molecule has 1 aromatic rings. The van der Waals surface area contributed by atoms with E-state index in [0.29, 0.717) is 23.7 Å². The number of unbranched alkanes of at least 4 members (excludes halogenated alkanes) is 1. The summed E-state index contributed by atoms with van der Waals surface area (Å²) >= 11 is 0. The van der Waals surface area contributed by atoms with Gasteiger partial charge in [0.1, 0.15) is 0 Å². The highest BCUT2D eigenvalue weighted by Crippen LogP contribution is 2.39. The lowest BCUT2D eigenvalue weighted by Crippen LogP contribution is -2.44. The molecule has 6 nitrogen and oxygen atoms in total. The van der Waals surface area contributed by atoms with Crippen LogP contribution in [0.5, 0.6) is 0 Å². The average Bonchev–Trinajstić information content (AvgIpc) is 3.01. The molecule has 0 fully saturated rings. The van der Waals surface area contributed by atoms with Crippen molar-refractivity contribution in [1.29, 1.82) is 0 Å². The molecule has 0 saturated carbocycles. The van der Waals surface area contributed by atoms with Crippen molar-refractivity contribution in [2.24, 2.45) is 16.7 Å². The fraction of sp³-hybridized carbons (Fsp3) is 0.605. The van der Waals surface area contributed by atoms with E-state index < -0.39 is 5.97 Å². The van der Waals surface area contributed by atoms with Crippen molar-refractivity contribution in [3.8, 4) is 0 Å². The van der Waals surface area contributed by atoms with Gasteiger partial charge >= 0.3 is 5.97 Å². The van der Waals surface area contributed by atoms with E-state index in [9.17, 15) is 14.4 Å². The van der Waals surface area contributed by atoms with Gasteiger partial charge in [-0.25, -0.2) is 4.79 Å². The number of carbonyl (C=O) groups excluding carboxylic acids is 3. The van der Waals surface area contributed by atoms with E-state index in [2.05, 4.69) is 92.9 Å². The van der Waals surface area contributed by atoms with Gasteiger partial charge in [0, 0.05) is 47.7 Å². The van der Waals surface area contributed by atoms with Gasteiger partial charge in [-0.1, -0.05) is 85.1 Å². The van der Waals surface area contributed by atoms with Crippen molar-refractivity contribution in [1.82, 2.24) is 9.80 Å². The summed E-state index contributed by atoms with van der Waals surface area (Å²) in [7, 11) is 0. The highest BCUT2D eigenvalue weighted by Gasteiger charge is 2.36. The standard InChI is InChI=1S/C43H64N2O4/c1-13-15-16-31(14-2)30-49-39(48)34-27-32(18-21-37(46)35-28-44(40(3,4)5)25-23-42(35,9)10)17-19-33(34)20-22-38(47)36-29-45(41(6,7)8)26-24-43(36,11)12/h17-22,27-29,31H,13-16,23-26,30H2,1-12H3/b21-18+,22-20+. The van der Waals surface area contributed by atoms with Gasteiger partial charge in [0.15, 0.2) is 11.6 Å². The highest BCUT2D eigenvalue weighted by atomic mass is 16.5. The molecule has 1 atom stereocenters. The summed E-state index contributed by atoms with van der Waals surface area (Å²) in [6.07, 6.45) is 16.7. The van der Waals surface area contributed by atoms with E-state index >= 15 is 0 Å². The van der Waals surface area contributed by atoms with Crippen LogP contribution in [0.25, 0.3) is 12.2 Å². The first-order chi connectivity index (χ1) is 22.7. The summed E-state index contributed by atoms with van der Waals surface area (Å²) in [6.45, 7) is 27.8. The van der Waals surface area contributed by atoms with Crippen LogP contribution in [0.2, 0.25) is 0 Å². The lowest BCUT2D eigenvalue weighted by molar-refractivity contribution is -0.113. The zero-order chi connectivity index (χ0) is 36.8. The third-order valence-corrected chi connectivity index (χ3v) is 10.4. The molecule has 0 aromatic heterocycles. The van der Waals surface area contributed by atoms with E-state index in [1.54, 1.807) is 30.4 Å². The molecular weight excluding hydrogens is 608 g/mol. The number of ketones is 2. The fourth-order valence-electron chi connectivity index (χ4n) is 6.40. The van der Waals surface area contributed by atoms with Gasteiger partial charge in [0.05, 0.1) is 12.2 Å². The first-order valence-corrected chi connectivity index (χ1v) is 18.4. The lowest BCUT2D eigenvalue weighted by Gasteiger charge is -2.43. The number of benzene rings is 1. The van der Waals surface area contributed by atoms with Gasteiger partial charge in [-0.15, -0.1) is 0 Å². The van der Waals surface area contributed by atoms with Crippen LogP contribution in [0.1, 0.15) is 143 Å². The van der Waals surface area contributed by atoms with Crippen LogP contribution in [0.4, 0.5) is 0 Å². The number of esters is 1. The maximum Gasteiger partial charge on any atom is 0.338 e. The predicted molar refractivity (Wildman–Crippen MR) is 204 cm³/mol. The first-order valence-electron chi connectivity index (χ1n) is 18.4. The average molecular weight is 673 g/mol. The SMILES string of the molecule is CCCCC(CC)COC(=O)c1cc(/C=C/C(=O)C2=CN(C(C)(C)C)CCC2(C)C)ccc1/C=C/C(=O)C1=CN(C(C)(C)C)CCC1(C)C. The summed E-state index contributed by atoms with van der Waals surface area (Å²) in [5, 5.41) is 0. The number of ether oxygens (including phenoxy) is 1. The Bertz CT molecular complexity index is 1480. The van der Waals surface area contributed by atoms with Gasteiger partial charge in [-0.05, 0) is 107 Å². The fourth-order valence-corrected chi connectivity index (χ4v) is 6.40. The third-order valence-electron chi connectivity index (χ3n) is 10.4. The minimum absolute atomic E-state index is 0.0352. The molecule has 0 radical (unpaired) electrons. The number of hydrogen-bond acceptors (Lipinski definition) is 6. The molecule has 0 saturated heterocycles. The molecule has 3 rings (SSSR count). The van der Waals surface area contributed by atoms with Crippen LogP contribution in [0.15, 0.2) is 53.9 Å². The Morgan fingerprint density at radius 2 is 1.33 bits per heavy atom. The van der Waals surface area contributed by atoms with Crippen molar-refractivity contribution in [2.45, 2.75) is 133 Å². The van der Waals surface area contributed by atoms with Gasteiger partial charge in [-0.2, -0.15) is 0 Å². The second-order valence-electron chi connectivity index (χ2n) is 17.3. The quantitative estimate of drug-likeness (QED) is 0.154. The Labute approximate surface area is 297 Å². The normalized spacial score (nSPS) is 18.8. The summed E-state index contributed by atoms with van der Waals surface area (Å²) in [4.78, 5) is 45.4. The Kier molecular flexibility index (Phi) is 13.1. The lowest BCUT2D eigenvalue weighted by atomic mass is 9.76. The zero-order valence-electron chi connectivity index (χ0n) is 32.7. The molecule has 0 bridgehead atoms. The monoisotopic (exact) mass is 672 g/mol. The molecule has 2 aliphatic heterocycles. The third kappa shape index (κ3) is 10.8. The maximum atomic E-state index is 13.7. The van der Waals surface area contributed by atoms with Crippen molar-refractivity contribution in [3.63, 3.8) is 0 Å². The molecular formula is C43H64N2O4. The number of carbonyl (C=O) groups is 3. The molecule has 0 spiro atoms. The van der Waals surface area contributed by atoms with Gasteiger partial charge in [0.25, 0.3) is 0 Å². The smallest absolute Gasteiger partial charge is 0.338 e. The molecule has 270 valence electrons. The zero-order valence-corrected chi connectivity index (χ0v) is 32.7. The number of nitrogens with zero attached hydrogens (tertiary/aromatic N) is 2. The highest BCUT2D eigenvalue weighted by molar-refractivity contribution is 6.08. The number of hydrogen-bond donors (Lipinski definition) is 0. The van der Waals surface area contributed by atoms with Gasteiger partial charge in [0.2, 0.25) is 0 Å². The van der Waals surface area contributed by atoms with Crippen molar-refractivity contribution >= 4 is 29.7 Å². The van der Waals surface area contributed by atoms with Crippen molar-refractivity contribution in [3.05, 3.63) is 70.6 Å². The van der Waals surface area contributed by atoms with Gasteiger partial charge < -0.3 is 14.5 Å². The summed E-state index contributed by atoms with van der Waals surface area (Å²) < 4.78 is 5.89. The van der Waals surface area contributed by atoms with Crippen LogP contribution in [0.3, 0.4) is 0 Å². The largest absolute Gasteiger partial charge is 0.462 e. The number of rotatable bonds is 13. The summed E-state index contributed by atoms with van der Waals surface area (Å²) in [5.41, 5.74) is 2.61. The molecule has 1 aromatic carbocycles. The Balaban J connectivity index is 1.96. The Hall–Kier alpha value is -3.41. The van der Waals surface area contributed by atoms with Crippen LogP contribution in [-0.2, 0) is 14.3 Å². The molecule has 0 aliphatic carbocycles. The number of allylic oxidation sites excluding steroid dienone is 4. The van der Waals surface area contributed by atoms with E-state index in [1.165, 1.54) is 0 Å². The van der Waals surface area contributed by atoms with Crippen LogP contribution in [-0.4, -0.2) is 58.1 Å². The first kappa shape index (κ1) is 40.0. The van der Waals surface area contributed by atoms with E-state index in [-0.39, 0.29) is 33.5 Å². The van der Waals surface area contributed by atoms with E-state index in [4.69, 9.17) is 4.74 Å². The molecule has 49 heavy (non-hydrogen) atoms. The van der Waals surface area contributed by atoms with Crippen LogP contribution < -0.4 is 0 Å². The van der Waals surface area contributed by atoms with Crippen LogP contribution >= 0.6 is 0 Å². The van der Waals surface area contributed by atoms with Crippen molar-refractivity contribution in [2.75, 3.05) is 19.7 Å². The molecule has 1 unspecified atom stereocenters. The van der Waals surface area contributed by atoms with Crippen molar-refractivity contribution < 1.29 is 19.1 Å².